The van der Waals surface area contributed by atoms with Gasteiger partial charge >= 0.3 is 0 Å². The number of rotatable bonds is 3. The van der Waals surface area contributed by atoms with E-state index in [1.54, 1.807) is 6.20 Å². The zero-order chi connectivity index (χ0) is 14.5. The van der Waals surface area contributed by atoms with Crippen molar-refractivity contribution in [1.82, 2.24) is 15.2 Å². The Hall–Kier alpha value is -1.88. The number of aromatic nitrogens is 3. The predicted molar refractivity (Wildman–Crippen MR) is 85.2 cm³/mol. The minimum Gasteiger partial charge on any atom is -0.339 e. The fourth-order valence-corrected chi connectivity index (χ4v) is 2.57. The van der Waals surface area contributed by atoms with Crippen molar-refractivity contribution in [2.75, 3.05) is 23.3 Å². The summed E-state index contributed by atoms with van der Waals surface area (Å²) in [5, 5.41) is 12.2. The molecule has 1 N–H and O–H groups in total. The molecule has 0 unspecified atom stereocenters. The van der Waals surface area contributed by atoms with Crippen molar-refractivity contribution in [1.29, 1.82) is 0 Å². The molecule has 0 saturated carbocycles. The molecule has 6 heteroatoms. The van der Waals surface area contributed by atoms with E-state index in [0.29, 0.717) is 16.8 Å². The maximum Gasteiger partial charge on any atom is 0.247 e. The first kappa shape index (κ1) is 14.1. The van der Waals surface area contributed by atoms with E-state index < -0.39 is 0 Å². The topological polar surface area (TPSA) is 53.9 Å². The van der Waals surface area contributed by atoms with Gasteiger partial charge in [0.2, 0.25) is 5.95 Å². The van der Waals surface area contributed by atoms with Gasteiger partial charge in [0.25, 0.3) is 0 Å². The van der Waals surface area contributed by atoms with Crippen LogP contribution in [0.25, 0.3) is 0 Å². The second-order valence-electron chi connectivity index (χ2n) is 5.17. The van der Waals surface area contributed by atoms with E-state index in [0.717, 1.165) is 18.8 Å². The number of anilines is 3. The normalized spacial score (nSPS) is 15.6. The Bertz CT molecular complexity index is 579. The van der Waals surface area contributed by atoms with Crippen molar-refractivity contribution in [2.24, 2.45) is 0 Å². The third-order valence-corrected chi connectivity index (χ3v) is 3.81. The van der Waals surface area contributed by atoms with Gasteiger partial charge in [0.15, 0.2) is 5.82 Å². The minimum atomic E-state index is 0.701. The van der Waals surface area contributed by atoms with E-state index in [1.165, 1.54) is 25.7 Å². The van der Waals surface area contributed by atoms with Gasteiger partial charge in [0.05, 0.1) is 6.20 Å². The average Bonchev–Trinajstić information content (AvgIpc) is 2.79. The van der Waals surface area contributed by atoms with E-state index in [-0.39, 0.29) is 0 Å². The summed E-state index contributed by atoms with van der Waals surface area (Å²) in [5.74, 6) is 1.41. The van der Waals surface area contributed by atoms with Crippen molar-refractivity contribution in [2.45, 2.75) is 25.7 Å². The van der Waals surface area contributed by atoms with Gasteiger partial charge < -0.3 is 10.2 Å². The zero-order valence-corrected chi connectivity index (χ0v) is 12.6. The molecular weight excluding hydrogens is 286 g/mol. The molecule has 1 aromatic carbocycles. The quantitative estimate of drug-likeness (QED) is 0.938. The van der Waals surface area contributed by atoms with Gasteiger partial charge in [-0.15, -0.1) is 5.10 Å². The lowest BCUT2D eigenvalue weighted by atomic mass is 10.2. The molecule has 21 heavy (non-hydrogen) atoms. The third-order valence-electron chi connectivity index (χ3n) is 3.55. The second-order valence-corrected chi connectivity index (χ2v) is 5.61. The highest BCUT2D eigenvalue weighted by Crippen LogP contribution is 2.19. The first-order valence-corrected chi connectivity index (χ1v) is 7.66. The molecule has 0 atom stereocenters. The van der Waals surface area contributed by atoms with Crippen LogP contribution < -0.4 is 10.2 Å². The molecule has 2 heterocycles. The van der Waals surface area contributed by atoms with Crippen LogP contribution >= 0.6 is 11.6 Å². The van der Waals surface area contributed by atoms with Crippen LogP contribution in [0.2, 0.25) is 5.02 Å². The van der Waals surface area contributed by atoms with Gasteiger partial charge in [-0.3, -0.25) is 0 Å². The first-order valence-electron chi connectivity index (χ1n) is 7.28. The van der Waals surface area contributed by atoms with Gasteiger partial charge in [0.1, 0.15) is 0 Å². The van der Waals surface area contributed by atoms with Crippen LogP contribution in [0.1, 0.15) is 25.7 Å². The molecule has 110 valence electrons. The van der Waals surface area contributed by atoms with Crippen LogP contribution in [-0.2, 0) is 0 Å². The maximum atomic E-state index is 5.88. The van der Waals surface area contributed by atoms with Gasteiger partial charge in [-0.05, 0) is 37.1 Å². The fourth-order valence-electron chi connectivity index (χ4n) is 2.44. The number of nitrogens with one attached hydrogen (secondary N) is 1. The lowest BCUT2D eigenvalue weighted by molar-refractivity contribution is 0.726. The smallest absolute Gasteiger partial charge is 0.247 e. The number of hydrogen-bond acceptors (Lipinski definition) is 5. The summed E-state index contributed by atoms with van der Waals surface area (Å²) < 4.78 is 0. The Morgan fingerprint density at radius 1 is 1.00 bits per heavy atom. The molecule has 1 saturated heterocycles. The van der Waals surface area contributed by atoms with E-state index in [1.807, 2.05) is 24.3 Å². The number of hydrogen-bond donors (Lipinski definition) is 1. The van der Waals surface area contributed by atoms with Gasteiger partial charge in [-0.2, -0.15) is 10.1 Å². The Morgan fingerprint density at radius 3 is 2.43 bits per heavy atom. The summed E-state index contributed by atoms with van der Waals surface area (Å²) in [5.41, 5.74) is 0.932. The molecule has 1 aliphatic heterocycles. The Labute approximate surface area is 129 Å². The van der Waals surface area contributed by atoms with E-state index >= 15 is 0 Å². The van der Waals surface area contributed by atoms with Crippen LogP contribution in [0.3, 0.4) is 0 Å². The van der Waals surface area contributed by atoms with E-state index in [9.17, 15) is 0 Å². The summed E-state index contributed by atoms with van der Waals surface area (Å²) in [6, 6.07) is 7.51. The molecule has 0 bridgehead atoms. The van der Waals surface area contributed by atoms with Crippen LogP contribution in [0.4, 0.5) is 17.5 Å². The molecule has 0 radical (unpaired) electrons. The van der Waals surface area contributed by atoms with Crippen LogP contribution in [0.15, 0.2) is 30.5 Å². The highest BCUT2D eigenvalue weighted by atomic mass is 35.5. The van der Waals surface area contributed by atoms with Gasteiger partial charge in [0, 0.05) is 23.8 Å². The summed E-state index contributed by atoms with van der Waals surface area (Å²) in [4.78, 5) is 6.78. The minimum absolute atomic E-state index is 0.701. The van der Waals surface area contributed by atoms with Crippen LogP contribution in [0, 0.1) is 0 Å². The SMILES string of the molecule is Clc1ccc(Nc2cnnc(N3CCCCCC3)n2)cc1. The molecule has 1 aromatic heterocycles. The predicted octanol–water partition coefficient (Wildman–Crippen LogP) is 3.65. The van der Waals surface area contributed by atoms with Crippen molar-refractivity contribution in [3.63, 3.8) is 0 Å². The monoisotopic (exact) mass is 303 g/mol. The van der Waals surface area contributed by atoms with E-state index in [4.69, 9.17) is 11.6 Å². The first-order chi connectivity index (χ1) is 10.3. The Kier molecular flexibility index (Phi) is 4.50. The molecule has 0 spiro atoms. The molecule has 1 fully saturated rings. The molecule has 1 aliphatic rings. The Balaban J connectivity index is 1.74. The average molecular weight is 304 g/mol. The van der Waals surface area contributed by atoms with Crippen LogP contribution in [-0.4, -0.2) is 28.3 Å². The highest BCUT2D eigenvalue weighted by Gasteiger charge is 2.13. The number of benzene rings is 1. The van der Waals surface area contributed by atoms with Gasteiger partial charge in [-0.25, -0.2) is 0 Å². The number of nitrogens with zero attached hydrogens (tertiary/aromatic N) is 4. The summed E-state index contributed by atoms with van der Waals surface area (Å²) >= 11 is 5.88. The summed E-state index contributed by atoms with van der Waals surface area (Å²) in [6.45, 7) is 2.01. The Morgan fingerprint density at radius 2 is 1.71 bits per heavy atom. The number of halogens is 1. The van der Waals surface area contributed by atoms with E-state index in [2.05, 4.69) is 25.4 Å². The lowest BCUT2D eigenvalue weighted by Crippen LogP contribution is -2.26. The summed E-state index contributed by atoms with van der Waals surface area (Å²) in [7, 11) is 0. The molecular formula is C15H18ClN5. The van der Waals surface area contributed by atoms with Crippen molar-refractivity contribution >= 4 is 29.1 Å². The van der Waals surface area contributed by atoms with Crippen LogP contribution in [0.5, 0.6) is 0 Å². The highest BCUT2D eigenvalue weighted by molar-refractivity contribution is 6.30. The lowest BCUT2D eigenvalue weighted by Gasteiger charge is -2.19. The summed E-state index contributed by atoms with van der Waals surface area (Å²) in [6.07, 6.45) is 6.59. The zero-order valence-electron chi connectivity index (χ0n) is 11.8. The molecule has 0 aliphatic carbocycles. The third kappa shape index (κ3) is 3.82. The second kappa shape index (κ2) is 6.72. The largest absolute Gasteiger partial charge is 0.339 e. The maximum absolute atomic E-state index is 5.88. The molecule has 0 amide bonds. The standard InChI is InChI=1S/C15H18ClN5/c16-12-5-7-13(8-6-12)18-14-11-17-20-15(19-14)21-9-3-1-2-4-10-21/h5-8,11H,1-4,9-10H2,(H,18,19,20). The van der Waals surface area contributed by atoms with Gasteiger partial charge in [-0.1, -0.05) is 24.4 Å². The van der Waals surface area contributed by atoms with Crippen molar-refractivity contribution in [3.8, 4) is 0 Å². The van der Waals surface area contributed by atoms with Crippen molar-refractivity contribution in [3.05, 3.63) is 35.5 Å². The molecule has 5 nitrogen and oxygen atoms in total. The molecule has 3 rings (SSSR count). The van der Waals surface area contributed by atoms with Crippen molar-refractivity contribution < 1.29 is 0 Å². The molecule has 2 aromatic rings. The fraction of sp³-hybridized carbons (Fsp3) is 0.400.